The lowest BCUT2D eigenvalue weighted by Crippen LogP contribution is -1.86. The molecule has 4 nitrogen and oxygen atoms in total. The first-order valence-electron chi connectivity index (χ1n) is 4.20. The summed E-state index contributed by atoms with van der Waals surface area (Å²) in [6.07, 6.45) is 1.74. The summed E-state index contributed by atoms with van der Waals surface area (Å²) in [4.78, 5) is 8.35. The number of alkyl halides is 1. The highest BCUT2D eigenvalue weighted by molar-refractivity contribution is 6.16. The van der Waals surface area contributed by atoms with E-state index in [0.29, 0.717) is 17.5 Å². The smallest absolute Gasteiger partial charge is 0.199 e. The maximum Gasteiger partial charge on any atom is 0.199 e. The second kappa shape index (κ2) is 3.75. The number of nitrogens with one attached hydrogen (secondary N) is 1. The summed E-state index contributed by atoms with van der Waals surface area (Å²) in [5, 5.41) is 6.76. The van der Waals surface area contributed by atoms with E-state index in [9.17, 15) is 0 Å². The number of rotatable bonds is 2. The molecule has 2 aromatic rings. The molecule has 0 spiro atoms. The van der Waals surface area contributed by atoms with Crippen molar-refractivity contribution in [2.24, 2.45) is 0 Å². The Morgan fingerprint density at radius 3 is 3.00 bits per heavy atom. The topological polar surface area (TPSA) is 54.5 Å². The van der Waals surface area contributed by atoms with Crippen molar-refractivity contribution >= 4 is 11.6 Å². The van der Waals surface area contributed by atoms with Gasteiger partial charge >= 0.3 is 0 Å². The minimum atomic E-state index is 0.332. The number of halogens is 1. The van der Waals surface area contributed by atoms with Crippen molar-refractivity contribution in [1.82, 2.24) is 20.2 Å². The fourth-order valence-electron chi connectivity index (χ4n) is 1.13. The summed E-state index contributed by atoms with van der Waals surface area (Å²) in [6.45, 7) is 2.00. The lowest BCUT2D eigenvalue weighted by molar-refractivity contribution is 1.02. The van der Waals surface area contributed by atoms with Gasteiger partial charge in [0.05, 0.1) is 5.88 Å². The third-order valence-electron chi connectivity index (χ3n) is 1.80. The molecule has 5 heteroatoms. The van der Waals surface area contributed by atoms with E-state index in [1.165, 1.54) is 0 Å². The van der Waals surface area contributed by atoms with E-state index < -0.39 is 0 Å². The van der Waals surface area contributed by atoms with Crippen molar-refractivity contribution in [3.05, 3.63) is 29.7 Å². The summed E-state index contributed by atoms with van der Waals surface area (Å²) >= 11 is 5.60. The zero-order valence-electron chi connectivity index (χ0n) is 7.66. The average Bonchev–Trinajstić information content (AvgIpc) is 2.66. The molecule has 0 amide bonds. The molecule has 0 fully saturated rings. The Morgan fingerprint density at radius 2 is 2.36 bits per heavy atom. The number of hydrogen-bond acceptors (Lipinski definition) is 3. The van der Waals surface area contributed by atoms with Gasteiger partial charge in [0, 0.05) is 6.20 Å². The number of nitrogens with zero attached hydrogens (tertiary/aromatic N) is 3. The van der Waals surface area contributed by atoms with Gasteiger partial charge in [-0.05, 0) is 24.6 Å². The third-order valence-corrected chi connectivity index (χ3v) is 2.06. The predicted octanol–water partition coefficient (Wildman–Crippen LogP) is 1.91. The predicted molar refractivity (Wildman–Crippen MR) is 53.9 cm³/mol. The molecule has 0 saturated heterocycles. The number of hydrogen-bond donors (Lipinski definition) is 1. The molecule has 72 valence electrons. The van der Waals surface area contributed by atoms with Gasteiger partial charge in [0.15, 0.2) is 5.82 Å². The number of aromatic nitrogens is 4. The van der Waals surface area contributed by atoms with Gasteiger partial charge in [-0.3, -0.25) is 10.1 Å². The molecule has 2 aromatic heterocycles. The Kier molecular flexibility index (Phi) is 2.45. The van der Waals surface area contributed by atoms with E-state index in [2.05, 4.69) is 20.2 Å². The van der Waals surface area contributed by atoms with Crippen LogP contribution in [0.15, 0.2) is 18.3 Å². The van der Waals surface area contributed by atoms with E-state index in [-0.39, 0.29) is 0 Å². The van der Waals surface area contributed by atoms with Gasteiger partial charge in [0.25, 0.3) is 0 Å². The van der Waals surface area contributed by atoms with E-state index in [0.717, 1.165) is 11.3 Å². The Balaban J connectivity index is 2.39. The van der Waals surface area contributed by atoms with Gasteiger partial charge in [0.1, 0.15) is 11.5 Å². The van der Waals surface area contributed by atoms with Gasteiger partial charge in [-0.15, -0.1) is 11.6 Å². The molecule has 0 saturated carbocycles. The van der Waals surface area contributed by atoms with E-state index in [1.807, 2.05) is 19.1 Å². The third kappa shape index (κ3) is 1.75. The van der Waals surface area contributed by atoms with E-state index in [1.54, 1.807) is 6.20 Å². The highest BCUT2D eigenvalue weighted by atomic mass is 35.5. The summed E-state index contributed by atoms with van der Waals surface area (Å²) in [5.74, 6) is 1.58. The molecule has 1 N–H and O–H groups in total. The SMILES string of the molecule is Cc1ccnc(-c2n[nH]c(CCl)n2)c1. The summed E-state index contributed by atoms with van der Waals surface area (Å²) in [7, 11) is 0. The maximum atomic E-state index is 5.60. The first-order chi connectivity index (χ1) is 6.79. The normalized spacial score (nSPS) is 10.4. The lowest BCUT2D eigenvalue weighted by Gasteiger charge is -1.94. The fraction of sp³-hybridized carbons (Fsp3) is 0.222. The molecule has 0 atom stereocenters. The van der Waals surface area contributed by atoms with Crippen molar-refractivity contribution in [3.63, 3.8) is 0 Å². The molecule has 0 radical (unpaired) electrons. The minimum absolute atomic E-state index is 0.332. The number of aryl methyl sites for hydroxylation is 1. The van der Waals surface area contributed by atoms with Crippen LogP contribution >= 0.6 is 11.6 Å². The zero-order chi connectivity index (χ0) is 9.97. The van der Waals surface area contributed by atoms with Gasteiger partial charge in [0.2, 0.25) is 0 Å². The van der Waals surface area contributed by atoms with Crippen LogP contribution in [0.3, 0.4) is 0 Å². The maximum absolute atomic E-state index is 5.60. The molecule has 0 aliphatic carbocycles. The Hall–Kier alpha value is -1.42. The highest BCUT2D eigenvalue weighted by Crippen LogP contribution is 2.12. The minimum Gasteiger partial charge on any atom is -0.262 e. The Bertz CT molecular complexity index is 438. The molecule has 2 heterocycles. The Morgan fingerprint density at radius 1 is 1.50 bits per heavy atom. The van der Waals surface area contributed by atoms with Gasteiger partial charge in [-0.25, -0.2) is 4.98 Å². The molecular formula is C9H9ClN4. The fourth-order valence-corrected chi connectivity index (χ4v) is 1.25. The van der Waals surface area contributed by atoms with Gasteiger partial charge in [-0.2, -0.15) is 5.10 Å². The van der Waals surface area contributed by atoms with E-state index >= 15 is 0 Å². The standard InChI is InChI=1S/C9H9ClN4/c1-6-2-3-11-7(4-6)9-12-8(5-10)13-14-9/h2-4H,5H2,1H3,(H,12,13,14). The number of pyridine rings is 1. The lowest BCUT2D eigenvalue weighted by atomic mass is 10.2. The van der Waals surface area contributed by atoms with Crippen molar-refractivity contribution in [1.29, 1.82) is 0 Å². The van der Waals surface area contributed by atoms with Crippen molar-refractivity contribution in [3.8, 4) is 11.5 Å². The molecule has 2 rings (SSSR count). The molecule has 0 aliphatic rings. The quantitative estimate of drug-likeness (QED) is 0.768. The molecular weight excluding hydrogens is 200 g/mol. The summed E-state index contributed by atoms with van der Waals surface area (Å²) in [6, 6.07) is 3.86. The van der Waals surface area contributed by atoms with Crippen molar-refractivity contribution in [2.45, 2.75) is 12.8 Å². The monoisotopic (exact) mass is 208 g/mol. The number of aromatic amines is 1. The van der Waals surface area contributed by atoms with Crippen LogP contribution < -0.4 is 0 Å². The van der Waals surface area contributed by atoms with Crippen LogP contribution in [0.25, 0.3) is 11.5 Å². The molecule has 14 heavy (non-hydrogen) atoms. The van der Waals surface area contributed by atoms with Crippen LogP contribution in [0.5, 0.6) is 0 Å². The second-order valence-corrected chi connectivity index (χ2v) is 3.23. The van der Waals surface area contributed by atoms with Gasteiger partial charge < -0.3 is 0 Å². The second-order valence-electron chi connectivity index (χ2n) is 2.96. The largest absolute Gasteiger partial charge is 0.262 e. The van der Waals surface area contributed by atoms with Crippen LogP contribution in [0.1, 0.15) is 11.4 Å². The van der Waals surface area contributed by atoms with Crippen molar-refractivity contribution < 1.29 is 0 Å². The van der Waals surface area contributed by atoms with Crippen LogP contribution in [0.4, 0.5) is 0 Å². The summed E-state index contributed by atoms with van der Waals surface area (Å²) in [5.41, 5.74) is 1.89. The first-order valence-corrected chi connectivity index (χ1v) is 4.73. The molecule has 0 unspecified atom stereocenters. The van der Waals surface area contributed by atoms with E-state index in [4.69, 9.17) is 11.6 Å². The van der Waals surface area contributed by atoms with Crippen LogP contribution in [-0.4, -0.2) is 20.2 Å². The molecule has 0 bridgehead atoms. The summed E-state index contributed by atoms with van der Waals surface area (Å²) < 4.78 is 0. The van der Waals surface area contributed by atoms with Gasteiger partial charge in [-0.1, -0.05) is 0 Å². The first kappa shape index (κ1) is 9.15. The van der Waals surface area contributed by atoms with Crippen molar-refractivity contribution in [2.75, 3.05) is 0 Å². The van der Waals surface area contributed by atoms with Crippen LogP contribution in [-0.2, 0) is 5.88 Å². The van der Waals surface area contributed by atoms with Crippen LogP contribution in [0, 0.1) is 6.92 Å². The van der Waals surface area contributed by atoms with Crippen LogP contribution in [0.2, 0.25) is 0 Å². The highest BCUT2D eigenvalue weighted by Gasteiger charge is 2.05. The number of H-pyrrole nitrogens is 1. The Labute approximate surface area is 86.4 Å². The average molecular weight is 209 g/mol. The zero-order valence-corrected chi connectivity index (χ0v) is 8.41. The molecule has 0 aromatic carbocycles. The molecule has 0 aliphatic heterocycles.